The number of hydrogen-bond donors (Lipinski definition) is 2. The standard InChI is InChI=1S/C17H21F2NO6/c1-4-24-16(22)11(17(23)25-5-2)8-20-13-7-6-12(18)14(19)15(13)26-9-10(3)21/h6-8,10,20-21H,4-5,9H2,1-3H3. The lowest BCUT2D eigenvalue weighted by atomic mass is 10.2. The molecule has 1 aromatic rings. The summed E-state index contributed by atoms with van der Waals surface area (Å²) in [5.41, 5.74) is -0.518. The molecule has 9 heteroatoms. The van der Waals surface area contributed by atoms with Gasteiger partial charge in [0.05, 0.1) is 25.0 Å². The monoisotopic (exact) mass is 373 g/mol. The predicted molar refractivity (Wildman–Crippen MR) is 88.5 cm³/mol. The molecule has 0 aliphatic carbocycles. The van der Waals surface area contributed by atoms with E-state index in [1.807, 2.05) is 0 Å². The first-order chi connectivity index (χ1) is 12.3. The molecule has 1 unspecified atom stereocenters. The molecule has 26 heavy (non-hydrogen) atoms. The van der Waals surface area contributed by atoms with Crippen LogP contribution in [0.25, 0.3) is 0 Å². The van der Waals surface area contributed by atoms with Gasteiger partial charge in [0.25, 0.3) is 0 Å². The van der Waals surface area contributed by atoms with Crippen LogP contribution in [0.3, 0.4) is 0 Å². The molecule has 1 aromatic carbocycles. The van der Waals surface area contributed by atoms with E-state index in [0.29, 0.717) is 0 Å². The van der Waals surface area contributed by atoms with Gasteiger partial charge in [0.15, 0.2) is 17.1 Å². The van der Waals surface area contributed by atoms with Crippen LogP contribution in [0.1, 0.15) is 20.8 Å². The van der Waals surface area contributed by atoms with Crippen LogP contribution in [0.15, 0.2) is 23.9 Å². The first kappa shape index (κ1) is 21.4. The van der Waals surface area contributed by atoms with Crippen molar-refractivity contribution in [3.8, 4) is 5.75 Å². The number of aliphatic hydroxyl groups is 1. The van der Waals surface area contributed by atoms with Crippen molar-refractivity contribution in [1.82, 2.24) is 0 Å². The molecule has 1 atom stereocenters. The fourth-order valence-electron chi connectivity index (χ4n) is 1.76. The molecule has 0 saturated carbocycles. The highest BCUT2D eigenvalue weighted by molar-refractivity contribution is 6.14. The molecule has 2 N–H and O–H groups in total. The first-order valence-corrected chi connectivity index (χ1v) is 7.91. The Balaban J connectivity index is 3.16. The summed E-state index contributed by atoms with van der Waals surface area (Å²) in [6, 6.07) is 2.00. The highest BCUT2D eigenvalue weighted by Gasteiger charge is 2.22. The largest absolute Gasteiger partial charge is 0.486 e. The SMILES string of the molecule is CCOC(=O)C(=CNc1ccc(F)c(F)c1OCC(C)O)C(=O)OCC. The molecular weight excluding hydrogens is 352 g/mol. The second-order valence-electron chi connectivity index (χ2n) is 5.04. The molecule has 1 rings (SSSR count). The molecule has 144 valence electrons. The van der Waals surface area contributed by atoms with Gasteiger partial charge in [0.1, 0.15) is 6.61 Å². The number of aliphatic hydroxyl groups excluding tert-OH is 1. The summed E-state index contributed by atoms with van der Waals surface area (Å²) in [6.07, 6.45) is 0.0356. The molecule has 0 bridgehead atoms. The molecule has 0 heterocycles. The molecule has 0 radical (unpaired) electrons. The Morgan fingerprint density at radius 2 is 1.77 bits per heavy atom. The molecule has 0 saturated heterocycles. The van der Waals surface area contributed by atoms with E-state index >= 15 is 0 Å². The normalized spacial score (nSPS) is 11.3. The lowest BCUT2D eigenvalue weighted by molar-refractivity contribution is -0.146. The quantitative estimate of drug-likeness (QED) is 0.296. The lowest BCUT2D eigenvalue weighted by Crippen LogP contribution is -2.20. The summed E-state index contributed by atoms with van der Waals surface area (Å²) >= 11 is 0. The van der Waals surface area contributed by atoms with Crippen LogP contribution in [-0.2, 0) is 19.1 Å². The smallest absolute Gasteiger partial charge is 0.347 e. The van der Waals surface area contributed by atoms with Crippen LogP contribution in [0.4, 0.5) is 14.5 Å². The second kappa shape index (κ2) is 10.3. The molecule has 0 amide bonds. The van der Waals surface area contributed by atoms with Crippen LogP contribution in [-0.4, -0.2) is 43.0 Å². The molecule has 0 aromatic heterocycles. The zero-order valence-corrected chi connectivity index (χ0v) is 14.7. The van der Waals surface area contributed by atoms with Gasteiger partial charge < -0.3 is 24.6 Å². The summed E-state index contributed by atoms with van der Waals surface area (Å²) < 4.78 is 42.0. The zero-order valence-electron chi connectivity index (χ0n) is 14.7. The summed E-state index contributed by atoms with van der Waals surface area (Å²) in [4.78, 5) is 23.7. The van der Waals surface area contributed by atoms with Crippen LogP contribution in [0.5, 0.6) is 5.75 Å². The molecular formula is C17H21F2NO6. The van der Waals surface area contributed by atoms with Gasteiger partial charge in [0.2, 0.25) is 5.82 Å². The van der Waals surface area contributed by atoms with E-state index < -0.39 is 41.0 Å². The number of benzene rings is 1. The minimum Gasteiger partial charge on any atom is -0.486 e. The summed E-state index contributed by atoms with van der Waals surface area (Å²) in [5.74, 6) is -4.82. The minimum absolute atomic E-state index is 0.0313. The maximum Gasteiger partial charge on any atom is 0.347 e. The van der Waals surface area contributed by atoms with Crippen molar-refractivity contribution in [2.75, 3.05) is 25.1 Å². The van der Waals surface area contributed by atoms with Gasteiger partial charge in [-0.05, 0) is 32.9 Å². The molecule has 0 aliphatic heterocycles. The Morgan fingerprint density at radius 1 is 1.19 bits per heavy atom. The number of carbonyl (C=O) groups is 2. The zero-order chi connectivity index (χ0) is 19.7. The van der Waals surface area contributed by atoms with Crippen molar-refractivity contribution in [3.05, 3.63) is 35.5 Å². The average Bonchev–Trinajstić information content (AvgIpc) is 2.57. The van der Waals surface area contributed by atoms with Gasteiger partial charge in [-0.3, -0.25) is 0 Å². The highest BCUT2D eigenvalue weighted by Crippen LogP contribution is 2.30. The van der Waals surface area contributed by atoms with Crippen LogP contribution in [0, 0.1) is 11.6 Å². The van der Waals surface area contributed by atoms with Gasteiger partial charge in [-0.1, -0.05) is 0 Å². The maximum atomic E-state index is 14.0. The van der Waals surface area contributed by atoms with Crippen molar-refractivity contribution in [2.45, 2.75) is 26.9 Å². The van der Waals surface area contributed by atoms with Crippen molar-refractivity contribution in [1.29, 1.82) is 0 Å². The Hall–Kier alpha value is -2.68. The van der Waals surface area contributed by atoms with E-state index in [4.69, 9.17) is 14.2 Å². The fraction of sp³-hybridized carbons (Fsp3) is 0.412. The summed E-state index contributed by atoms with van der Waals surface area (Å²) in [5, 5.41) is 11.8. The van der Waals surface area contributed by atoms with Gasteiger partial charge in [-0.25, -0.2) is 14.0 Å². The number of ether oxygens (including phenoxy) is 3. The molecule has 0 fully saturated rings. The number of anilines is 1. The van der Waals surface area contributed by atoms with Gasteiger partial charge in [0, 0.05) is 6.20 Å². The fourth-order valence-corrected chi connectivity index (χ4v) is 1.76. The molecule has 7 nitrogen and oxygen atoms in total. The third kappa shape index (κ3) is 5.99. The number of esters is 2. The van der Waals surface area contributed by atoms with Gasteiger partial charge in [-0.2, -0.15) is 4.39 Å². The predicted octanol–water partition coefficient (Wildman–Crippen LogP) is 2.15. The van der Waals surface area contributed by atoms with Gasteiger partial charge in [-0.15, -0.1) is 0 Å². The van der Waals surface area contributed by atoms with Gasteiger partial charge >= 0.3 is 11.9 Å². The first-order valence-electron chi connectivity index (χ1n) is 7.91. The van der Waals surface area contributed by atoms with E-state index in [9.17, 15) is 23.5 Å². The average molecular weight is 373 g/mol. The maximum absolute atomic E-state index is 14.0. The van der Waals surface area contributed by atoms with E-state index in [1.54, 1.807) is 13.8 Å². The van der Waals surface area contributed by atoms with Crippen LogP contribution >= 0.6 is 0 Å². The summed E-state index contributed by atoms with van der Waals surface area (Å²) in [7, 11) is 0. The van der Waals surface area contributed by atoms with E-state index in [-0.39, 0.29) is 25.5 Å². The Bertz CT molecular complexity index is 655. The topological polar surface area (TPSA) is 94.1 Å². The molecule has 0 aliphatic rings. The third-order valence-electron chi connectivity index (χ3n) is 2.88. The minimum atomic E-state index is -1.28. The van der Waals surface area contributed by atoms with Crippen LogP contribution in [0.2, 0.25) is 0 Å². The summed E-state index contributed by atoms with van der Waals surface area (Å²) in [6.45, 7) is 4.30. The molecule has 0 spiro atoms. The van der Waals surface area contributed by atoms with E-state index in [1.165, 1.54) is 6.92 Å². The van der Waals surface area contributed by atoms with Crippen molar-refractivity contribution >= 4 is 17.6 Å². The van der Waals surface area contributed by atoms with Crippen LogP contribution < -0.4 is 10.1 Å². The number of hydrogen-bond acceptors (Lipinski definition) is 7. The van der Waals surface area contributed by atoms with Crippen molar-refractivity contribution in [3.63, 3.8) is 0 Å². The Morgan fingerprint density at radius 3 is 2.27 bits per heavy atom. The second-order valence-corrected chi connectivity index (χ2v) is 5.04. The number of halogens is 2. The highest BCUT2D eigenvalue weighted by atomic mass is 19.2. The Kier molecular flexibility index (Phi) is 8.50. The number of carbonyl (C=O) groups excluding carboxylic acids is 2. The number of rotatable bonds is 9. The van der Waals surface area contributed by atoms with E-state index in [0.717, 1.165) is 18.3 Å². The van der Waals surface area contributed by atoms with Crippen molar-refractivity contribution < 1.29 is 37.7 Å². The van der Waals surface area contributed by atoms with E-state index in [2.05, 4.69) is 5.32 Å². The van der Waals surface area contributed by atoms with Crippen molar-refractivity contribution in [2.24, 2.45) is 0 Å². The third-order valence-corrected chi connectivity index (χ3v) is 2.88. The lowest BCUT2D eigenvalue weighted by Gasteiger charge is -2.14. The number of nitrogens with one attached hydrogen (secondary N) is 1. The Labute approximate surface area is 149 Å².